The van der Waals surface area contributed by atoms with Crippen LogP contribution in [0, 0.1) is 0 Å². The molecule has 1 aromatic heterocycles. The Hall–Kier alpha value is -3.11. The minimum absolute atomic E-state index is 0.0112. The SMILES string of the molecule is O=C=NC(C(=O)O)(C(=O)NNC=O)c1csc(NC=O)n1. The second-order valence-electron chi connectivity index (χ2n) is 3.24. The fourth-order valence-electron chi connectivity index (χ4n) is 1.29. The average Bonchev–Trinajstić information content (AvgIpc) is 2.91. The highest BCUT2D eigenvalue weighted by atomic mass is 32.1. The number of carbonyl (C=O) groups excluding carboxylic acids is 4. The van der Waals surface area contributed by atoms with Crippen LogP contribution in [0.5, 0.6) is 0 Å². The summed E-state index contributed by atoms with van der Waals surface area (Å²) in [5.74, 6) is -3.16. The molecule has 4 N–H and O–H groups in total. The van der Waals surface area contributed by atoms with Crippen molar-refractivity contribution in [3.05, 3.63) is 11.1 Å². The molecule has 21 heavy (non-hydrogen) atoms. The third-order valence-electron chi connectivity index (χ3n) is 2.15. The number of carbonyl (C=O) groups is 4. The highest BCUT2D eigenvalue weighted by Crippen LogP contribution is 2.29. The summed E-state index contributed by atoms with van der Waals surface area (Å²) in [6.07, 6.45) is 1.35. The average molecular weight is 313 g/mol. The molecule has 0 bridgehead atoms. The number of aliphatic imine (C=N–C) groups is 1. The number of rotatable bonds is 8. The van der Waals surface area contributed by atoms with E-state index in [1.54, 1.807) is 10.9 Å². The van der Waals surface area contributed by atoms with Gasteiger partial charge in [0.2, 0.25) is 18.9 Å². The van der Waals surface area contributed by atoms with Crippen molar-refractivity contribution < 1.29 is 29.1 Å². The van der Waals surface area contributed by atoms with E-state index in [4.69, 9.17) is 0 Å². The molecule has 3 amide bonds. The maximum atomic E-state index is 11.9. The van der Waals surface area contributed by atoms with Crippen LogP contribution in [0.4, 0.5) is 5.13 Å². The third-order valence-corrected chi connectivity index (χ3v) is 2.93. The number of anilines is 1. The molecule has 1 rings (SSSR count). The Morgan fingerprint density at radius 1 is 1.43 bits per heavy atom. The molecule has 0 aliphatic carbocycles. The zero-order valence-corrected chi connectivity index (χ0v) is 10.8. The van der Waals surface area contributed by atoms with E-state index in [0.29, 0.717) is 6.41 Å². The molecule has 110 valence electrons. The van der Waals surface area contributed by atoms with Crippen molar-refractivity contribution in [2.75, 3.05) is 5.32 Å². The third kappa shape index (κ3) is 3.08. The van der Waals surface area contributed by atoms with E-state index in [-0.39, 0.29) is 11.5 Å². The standard InChI is InChI=1S/C9H7N5O6S/c15-2-10-8-13-5(1-21-8)9(7(19)20,11-3-16)6(18)14-12-4-17/h1-2,4H,(H,12,17)(H,14,18)(H,19,20)(H,10,13,15). The first-order valence-electron chi connectivity index (χ1n) is 5.01. The van der Waals surface area contributed by atoms with Crippen LogP contribution in [0.1, 0.15) is 5.69 Å². The molecule has 0 radical (unpaired) electrons. The second kappa shape index (κ2) is 6.88. The first kappa shape index (κ1) is 15.9. The molecule has 0 saturated heterocycles. The summed E-state index contributed by atoms with van der Waals surface area (Å²) < 4.78 is 0. The van der Waals surface area contributed by atoms with Crippen LogP contribution in [0.3, 0.4) is 0 Å². The zero-order valence-electron chi connectivity index (χ0n) is 10.0. The van der Waals surface area contributed by atoms with Gasteiger partial charge in [-0.1, -0.05) is 0 Å². The first-order chi connectivity index (χ1) is 10.0. The molecule has 0 aliphatic heterocycles. The molecule has 0 saturated carbocycles. The molecule has 0 aliphatic rings. The van der Waals surface area contributed by atoms with E-state index >= 15 is 0 Å². The van der Waals surface area contributed by atoms with Crippen LogP contribution in [0.15, 0.2) is 10.4 Å². The Morgan fingerprint density at radius 2 is 2.14 bits per heavy atom. The Balaban J connectivity index is 3.37. The molecule has 11 nitrogen and oxygen atoms in total. The lowest BCUT2D eigenvalue weighted by Crippen LogP contribution is -2.53. The van der Waals surface area contributed by atoms with Gasteiger partial charge in [0.05, 0.1) is 0 Å². The van der Waals surface area contributed by atoms with Crippen molar-refractivity contribution in [3.63, 3.8) is 0 Å². The van der Waals surface area contributed by atoms with Crippen LogP contribution in [0.2, 0.25) is 0 Å². The molecule has 0 fully saturated rings. The van der Waals surface area contributed by atoms with Gasteiger partial charge in [-0.25, -0.2) is 14.6 Å². The summed E-state index contributed by atoms with van der Waals surface area (Å²) in [5, 5.41) is 12.5. The Morgan fingerprint density at radius 3 is 2.67 bits per heavy atom. The largest absolute Gasteiger partial charge is 0.479 e. The number of carboxylic acid groups (broad SMARTS) is 1. The van der Waals surface area contributed by atoms with Gasteiger partial charge in [-0.15, -0.1) is 11.3 Å². The lowest BCUT2D eigenvalue weighted by atomic mass is 9.96. The van der Waals surface area contributed by atoms with E-state index in [9.17, 15) is 29.1 Å². The van der Waals surface area contributed by atoms with Gasteiger partial charge in [0.15, 0.2) is 5.13 Å². The van der Waals surface area contributed by atoms with Crippen LogP contribution in [0.25, 0.3) is 0 Å². The van der Waals surface area contributed by atoms with Crippen LogP contribution >= 0.6 is 11.3 Å². The van der Waals surface area contributed by atoms with Crippen LogP contribution < -0.4 is 16.2 Å². The van der Waals surface area contributed by atoms with E-state index in [1.807, 2.05) is 0 Å². The highest BCUT2D eigenvalue weighted by molar-refractivity contribution is 7.13. The monoisotopic (exact) mass is 313 g/mol. The molecule has 1 aromatic rings. The summed E-state index contributed by atoms with van der Waals surface area (Å²) in [6, 6.07) is 0. The molecule has 0 aromatic carbocycles. The summed E-state index contributed by atoms with van der Waals surface area (Å²) in [6.45, 7) is 0. The fraction of sp³-hybridized carbons (Fsp3) is 0.111. The summed E-state index contributed by atoms with van der Waals surface area (Å²) in [4.78, 5) is 60.9. The maximum Gasteiger partial charge on any atom is 0.348 e. The van der Waals surface area contributed by atoms with Crippen molar-refractivity contribution in [2.45, 2.75) is 5.54 Å². The zero-order chi connectivity index (χ0) is 15.9. The van der Waals surface area contributed by atoms with E-state index in [1.165, 1.54) is 0 Å². The molecule has 12 heteroatoms. The van der Waals surface area contributed by atoms with E-state index in [2.05, 4.69) is 15.3 Å². The summed E-state index contributed by atoms with van der Waals surface area (Å²) >= 11 is 0.809. The normalized spacial score (nSPS) is 12.2. The van der Waals surface area contributed by atoms with Crippen molar-refractivity contribution in [1.82, 2.24) is 15.8 Å². The fourth-order valence-corrected chi connectivity index (χ4v) is 2.00. The summed E-state index contributed by atoms with van der Waals surface area (Å²) in [5.41, 5.74) is 0.311. The van der Waals surface area contributed by atoms with Gasteiger partial charge in [-0.3, -0.25) is 25.2 Å². The number of nitrogens with one attached hydrogen (secondary N) is 3. The molecular weight excluding hydrogens is 306 g/mol. The van der Waals surface area contributed by atoms with Crippen LogP contribution in [-0.2, 0) is 29.5 Å². The Bertz CT molecular complexity index is 620. The predicted octanol–water partition coefficient (Wildman–Crippen LogP) is -1.90. The number of hydrazine groups is 1. The minimum atomic E-state index is -2.74. The smallest absolute Gasteiger partial charge is 0.348 e. The number of isocyanates is 1. The van der Waals surface area contributed by atoms with Gasteiger partial charge >= 0.3 is 5.97 Å². The maximum absolute atomic E-state index is 11.9. The van der Waals surface area contributed by atoms with Gasteiger partial charge in [0.25, 0.3) is 11.4 Å². The van der Waals surface area contributed by atoms with Crippen molar-refractivity contribution in [3.8, 4) is 0 Å². The second-order valence-corrected chi connectivity index (χ2v) is 4.09. The highest BCUT2D eigenvalue weighted by Gasteiger charge is 2.51. The number of amides is 3. The topological polar surface area (TPSA) is 167 Å². The Labute approximate surface area is 120 Å². The summed E-state index contributed by atoms with van der Waals surface area (Å²) in [7, 11) is 0. The van der Waals surface area contributed by atoms with Gasteiger partial charge in [0, 0.05) is 5.38 Å². The Kier molecular flexibility index (Phi) is 5.23. The quantitative estimate of drug-likeness (QED) is 0.143. The molecule has 0 spiro atoms. The van der Waals surface area contributed by atoms with Crippen molar-refractivity contribution in [1.29, 1.82) is 0 Å². The van der Waals surface area contributed by atoms with Gasteiger partial charge in [-0.2, -0.15) is 4.99 Å². The number of hydrogen-bond acceptors (Lipinski definition) is 8. The molecule has 1 atom stereocenters. The van der Waals surface area contributed by atoms with Gasteiger partial charge < -0.3 is 10.4 Å². The van der Waals surface area contributed by atoms with E-state index < -0.39 is 23.1 Å². The van der Waals surface area contributed by atoms with Crippen molar-refractivity contribution >= 4 is 47.2 Å². The molecular formula is C9H7N5O6S. The van der Waals surface area contributed by atoms with Crippen LogP contribution in [-0.4, -0.2) is 40.9 Å². The first-order valence-corrected chi connectivity index (χ1v) is 5.89. The number of aliphatic carboxylic acids is 1. The van der Waals surface area contributed by atoms with Crippen molar-refractivity contribution in [2.24, 2.45) is 4.99 Å². The minimum Gasteiger partial charge on any atom is -0.479 e. The number of hydrogen-bond donors (Lipinski definition) is 4. The van der Waals surface area contributed by atoms with Gasteiger partial charge in [0.1, 0.15) is 5.69 Å². The lowest BCUT2D eigenvalue weighted by molar-refractivity contribution is -0.150. The molecule has 1 unspecified atom stereocenters. The lowest BCUT2D eigenvalue weighted by Gasteiger charge is -2.19. The number of nitrogens with zero attached hydrogens (tertiary/aromatic N) is 2. The number of aromatic nitrogens is 1. The molecule has 1 heterocycles. The number of carboxylic acids is 1. The predicted molar refractivity (Wildman–Crippen MR) is 66.6 cm³/mol. The van der Waals surface area contributed by atoms with E-state index in [0.717, 1.165) is 22.8 Å². The number of thiazole rings is 1. The van der Waals surface area contributed by atoms with Gasteiger partial charge in [-0.05, 0) is 0 Å².